The Balaban J connectivity index is 2.15. The quantitative estimate of drug-likeness (QED) is 0.628. The molecule has 0 bridgehead atoms. The van der Waals surface area contributed by atoms with Gasteiger partial charge in [0.25, 0.3) is 0 Å². The van der Waals surface area contributed by atoms with E-state index in [1.165, 1.54) is 0 Å². The minimum Gasteiger partial charge on any atom is -0.378 e. The fourth-order valence-corrected chi connectivity index (χ4v) is 2.11. The molecule has 1 aliphatic rings. The van der Waals surface area contributed by atoms with Gasteiger partial charge in [0.05, 0.1) is 13.2 Å². The number of nitrogens with zero attached hydrogens (tertiary/aromatic N) is 4. The topological polar surface area (TPSA) is 61.5 Å². The monoisotopic (exact) mass is 282 g/mol. The summed E-state index contributed by atoms with van der Waals surface area (Å²) >= 11 is 0. The maximum absolute atomic E-state index is 8.63. The third kappa shape index (κ3) is 3.77. The molecule has 0 saturated carbocycles. The Bertz CT molecular complexity index is 622. The van der Waals surface area contributed by atoms with Crippen LogP contribution < -0.4 is 4.90 Å². The van der Waals surface area contributed by atoms with Crippen LogP contribution in [0.15, 0.2) is 36.0 Å². The molecule has 0 amide bonds. The van der Waals surface area contributed by atoms with Gasteiger partial charge >= 0.3 is 0 Å². The zero-order chi connectivity index (χ0) is 15.2. The summed E-state index contributed by atoms with van der Waals surface area (Å²) in [5.74, 6) is 0.950. The van der Waals surface area contributed by atoms with Gasteiger partial charge in [-0.1, -0.05) is 13.2 Å². The number of pyridine rings is 1. The highest BCUT2D eigenvalue weighted by atomic mass is 16.5. The van der Waals surface area contributed by atoms with Crippen molar-refractivity contribution in [2.45, 2.75) is 6.92 Å². The van der Waals surface area contributed by atoms with E-state index in [0.29, 0.717) is 5.57 Å². The van der Waals surface area contributed by atoms with Crippen molar-refractivity contribution in [2.75, 3.05) is 31.2 Å². The zero-order valence-electron chi connectivity index (χ0n) is 12.2. The van der Waals surface area contributed by atoms with E-state index in [2.05, 4.69) is 28.0 Å². The van der Waals surface area contributed by atoms with Gasteiger partial charge in [-0.15, -0.1) is 0 Å². The highest BCUT2D eigenvalue weighted by Crippen LogP contribution is 2.20. The predicted molar refractivity (Wildman–Crippen MR) is 84.3 cm³/mol. The maximum atomic E-state index is 8.63. The Kier molecular flexibility index (Phi) is 4.85. The van der Waals surface area contributed by atoms with Crippen LogP contribution in [0.3, 0.4) is 0 Å². The van der Waals surface area contributed by atoms with E-state index in [-0.39, 0.29) is 5.70 Å². The summed E-state index contributed by atoms with van der Waals surface area (Å²) < 4.78 is 5.34. The van der Waals surface area contributed by atoms with Crippen LogP contribution in [0.25, 0.3) is 5.57 Å². The molecule has 0 aromatic carbocycles. The molecule has 108 valence electrons. The lowest BCUT2D eigenvalue weighted by Gasteiger charge is -2.28. The molecule has 0 atom stereocenters. The van der Waals surface area contributed by atoms with Crippen molar-refractivity contribution in [3.05, 3.63) is 42.2 Å². The summed E-state index contributed by atoms with van der Waals surface area (Å²) in [6.45, 7) is 12.6. The number of rotatable bonds is 4. The molecule has 0 N–H and O–H groups in total. The van der Waals surface area contributed by atoms with Gasteiger partial charge in [0.15, 0.2) is 0 Å². The number of allylic oxidation sites excluding steroid dienone is 2. The molecule has 0 radical (unpaired) electrons. The van der Waals surface area contributed by atoms with Crippen molar-refractivity contribution in [1.82, 2.24) is 4.98 Å². The summed E-state index contributed by atoms with van der Waals surface area (Å²) in [6.07, 6.45) is 1.55. The lowest BCUT2D eigenvalue weighted by Crippen LogP contribution is -2.36. The molecule has 21 heavy (non-hydrogen) atoms. The van der Waals surface area contributed by atoms with E-state index in [1.54, 1.807) is 6.21 Å². The molecule has 2 rings (SSSR count). The average Bonchev–Trinajstić information content (AvgIpc) is 2.53. The molecule has 0 spiro atoms. The molecular formula is C16H18N4O. The minimum atomic E-state index is 0.159. The van der Waals surface area contributed by atoms with Gasteiger partial charge in [0.1, 0.15) is 17.6 Å². The van der Waals surface area contributed by atoms with E-state index < -0.39 is 0 Å². The van der Waals surface area contributed by atoms with Crippen molar-refractivity contribution < 1.29 is 4.74 Å². The van der Waals surface area contributed by atoms with Gasteiger partial charge in [-0.05, 0) is 24.6 Å². The molecule has 1 aromatic rings. The third-order valence-electron chi connectivity index (χ3n) is 3.26. The summed E-state index contributed by atoms with van der Waals surface area (Å²) in [6, 6.07) is 5.83. The van der Waals surface area contributed by atoms with Crippen LogP contribution in [0.5, 0.6) is 0 Å². The van der Waals surface area contributed by atoms with Crippen LogP contribution in [0.2, 0.25) is 0 Å². The smallest absolute Gasteiger partial charge is 0.133 e. The van der Waals surface area contributed by atoms with Crippen LogP contribution in [0.4, 0.5) is 5.82 Å². The van der Waals surface area contributed by atoms with Crippen molar-refractivity contribution in [3.8, 4) is 6.07 Å². The number of hydrogen-bond acceptors (Lipinski definition) is 5. The number of aromatic nitrogens is 1. The summed E-state index contributed by atoms with van der Waals surface area (Å²) in [5, 5.41) is 8.63. The van der Waals surface area contributed by atoms with Crippen molar-refractivity contribution in [3.63, 3.8) is 0 Å². The van der Waals surface area contributed by atoms with E-state index in [4.69, 9.17) is 10.00 Å². The average molecular weight is 282 g/mol. The van der Waals surface area contributed by atoms with Gasteiger partial charge in [-0.2, -0.15) is 5.26 Å². The lowest BCUT2D eigenvalue weighted by molar-refractivity contribution is 0.122. The number of nitriles is 1. The van der Waals surface area contributed by atoms with Gasteiger partial charge in [-0.3, -0.25) is 0 Å². The second-order valence-electron chi connectivity index (χ2n) is 4.74. The zero-order valence-corrected chi connectivity index (χ0v) is 12.2. The van der Waals surface area contributed by atoms with Crippen molar-refractivity contribution >= 4 is 17.6 Å². The molecular weight excluding hydrogens is 264 g/mol. The third-order valence-corrected chi connectivity index (χ3v) is 3.26. The maximum Gasteiger partial charge on any atom is 0.133 e. The second-order valence-corrected chi connectivity index (χ2v) is 4.74. The Morgan fingerprint density at radius 1 is 1.43 bits per heavy atom. The van der Waals surface area contributed by atoms with E-state index in [9.17, 15) is 0 Å². The van der Waals surface area contributed by atoms with Gasteiger partial charge in [0, 0.05) is 30.6 Å². The molecule has 5 heteroatoms. The highest BCUT2D eigenvalue weighted by molar-refractivity contribution is 6.09. The van der Waals surface area contributed by atoms with Gasteiger partial charge in [0.2, 0.25) is 0 Å². The Morgan fingerprint density at radius 3 is 2.76 bits per heavy atom. The number of aliphatic imine (C=N–C) groups is 1. The van der Waals surface area contributed by atoms with E-state index in [0.717, 1.165) is 43.4 Å². The fraction of sp³-hybridized carbons (Fsp3) is 0.312. The first-order chi connectivity index (χ1) is 10.1. The van der Waals surface area contributed by atoms with E-state index >= 15 is 0 Å². The SMILES string of the molecule is C=C(C#N)N=CC(=C)c1ccc(N2CCOCC2)nc1C. The summed E-state index contributed by atoms with van der Waals surface area (Å²) in [7, 11) is 0. The van der Waals surface area contributed by atoms with Crippen LogP contribution >= 0.6 is 0 Å². The Labute approximate surface area is 124 Å². The first-order valence-corrected chi connectivity index (χ1v) is 6.74. The summed E-state index contributed by atoms with van der Waals surface area (Å²) in [5.41, 5.74) is 2.68. The second kappa shape index (κ2) is 6.82. The van der Waals surface area contributed by atoms with Gasteiger partial charge in [-0.25, -0.2) is 9.98 Å². The standard InChI is InChI=1S/C16H18N4O/c1-12(11-18-13(2)10-17)15-4-5-16(19-14(15)3)20-6-8-21-9-7-20/h4-5,11H,1-2,6-9H2,3H3. The normalized spacial score (nSPS) is 15.0. The van der Waals surface area contributed by atoms with Crippen LogP contribution in [-0.4, -0.2) is 37.5 Å². The van der Waals surface area contributed by atoms with Crippen LogP contribution in [0.1, 0.15) is 11.3 Å². The van der Waals surface area contributed by atoms with Crippen molar-refractivity contribution in [2.24, 2.45) is 4.99 Å². The molecule has 0 aliphatic carbocycles. The van der Waals surface area contributed by atoms with E-state index in [1.807, 2.05) is 25.1 Å². The molecule has 5 nitrogen and oxygen atoms in total. The minimum absolute atomic E-state index is 0.159. The number of hydrogen-bond donors (Lipinski definition) is 0. The molecule has 1 saturated heterocycles. The fourth-order valence-electron chi connectivity index (χ4n) is 2.11. The molecule has 2 heterocycles. The molecule has 1 fully saturated rings. The Morgan fingerprint density at radius 2 is 2.14 bits per heavy atom. The largest absolute Gasteiger partial charge is 0.378 e. The molecule has 1 aliphatic heterocycles. The Hall–Kier alpha value is -2.45. The summed E-state index contributed by atoms with van der Waals surface area (Å²) in [4.78, 5) is 10.8. The van der Waals surface area contributed by atoms with Crippen LogP contribution in [0, 0.1) is 18.3 Å². The number of ether oxygens (including phenoxy) is 1. The first-order valence-electron chi connectivity index (χ1n) is 6.74. The highest BCUT2D eigenvalue weighted by Gasteiger charge is 2.13. The molecule has 0 unspecified atom stereocenters. The van der Waals surface area contributed by atoms with Crippen molar-refractivity contribution in [1.29, 1.82) is 5.26 Å². The number of aryl methyl sites for hydroxylation is 1. The predicted octanol–water partition coefficient (Wildman–Crippen LogP) is 2.35. The number of anilines is 1. The molecule has 1 aromatic heterocycles. The number of morpholine rings is 1. The first kappa shape index (κ1) is 14.9. The van der Waals surface area contributed by atoms with Crippen LogP contribution in [-0.2, 0) is 4.74 Å². The van der Waals surface area contributed by atoms with Gasteiger partial charge < -0.3 is 9.64 Å². The lowest BCUT2D eigenvalue weighted by atomic mass is 10.1.